The Morgan fingerprint density at radius 3 is 2.41 bits per heavy atom. The molecule has 0 saturated carbocycles. The highest BCUT2D eigenvalue weighted by molar-refractivity contribution is 5.79. The minimum Gasteiger partial charge on any atom is -0.349 e. The van der Waals surface area contributed by atoms with Crippen molar-refractivity contribution >= 4 is 5.91 Å². The van der Waals surface area contributed by atoms with Crippen LogP contribution >= 0.6 is 0 Å². The van der Waals surface area contributed by atoms with E-state index in [-0.39, 0.29) is 29.7 Å². The highest BCUT2D eigenvalue weighted by atomic mass is 19.1. The summed E-state index contributed by atoms with van der Waals surface area (Å²) in [5.41, 5.74) is 6.13. The van der Waals surface area contributed by atoms with Crippen LogP contribution in [-0.2, 0) is 4.79 Å². The molecule has 0 aliphatic heterocycles. The van der Waals surface area contributed by atoms with Crippen LogP contribution in [0.15, 0.2) is 24.3 Å². The standard InChI is InChI=1S/C13H19FN2O/c1-8(9(2)15)13(17)16-10(3)11-6-4-5-7-12(11)14/h4-10H,15H2,1-3H3,(H,16,17)/t8?,9?,10-/m1/s1. The number of amides is 1. The first-order valence-corrected chi connectivity index (χ1v) is 5.74. The van der Waals surface area contributed by atoms with Gasteiger partial charge in [-0.3, -0.25) is 4.79 Å². The molecule has 0 heterocycles. The summed E-state index contributed by atoms with van der Waals surface area (Å²) in [5, 5.41) is 2.76. The van der Waals surface area contributed by atoms with Crippen molar-refractivity contribution in [1.82, 2.24) is 5.32 Å². The molecule has 1 aromatic carbocycles. The van der Waals surface area contributed by atoms with Crippen molar-refractivity contribution in [3.63, 3.8) is 0 Å². The Kier molecular flexibility index (Phi) is 4.63. The summed E-state index contributed by atoms with van der Waals surface area (Å²) in [6, 6.07) is 5.84. The van der Waals surface area contributed by atoms with Crippen LogP contribution in [0.5, 0.6) is 0 Å². The van der Waals surface area contributed by atoms with Crippen LogP contribution in [0.3, 0.4) is 0 Å². The number of carbonyl (C=O) groups is 1. The summed E-state index contributed by atoms with van der Waals surface area (Å²) in [7, 11) is 0. The summed E-state index contributed by atoms with van der Waals surface area (Å²) >= 11 is 0. The number of halogens is 1. The van der Waals surface area contributed by atoms with E-state index in [4.69, 9.17) is 5.73 Å². The van der Waals surface area contributed by atoms with Crippen LogP contribution in [0.2, 0.25) is 0 Å². The molecule has 0 aliphatic carbocycles. The van der Waals surface area contributed by atoms with E-state index in [1.165, 1.54) is 6.07 Å². The van der Waals surface area contributed by atoms with Crippen molar-refractivity contribution in [3.8, 4) is 0 Å². The largest absolute Gasteiger partial charge is 0.349 e. The van der Waals surface area contributed by atoms with Crippen LogP contribution < -0.4 is 11.1 Å². The minimum absolute atomic E-state index is 0.157. The maximum atomic E-state index is 13.5. The third kappa shape index (κ3) is 3.53. The van der Waals surface area contributed by atoms with Gasteiger partial charge in [0.15, 0.2) is 0 Å². The molecule has 0 fully saturated rings. The number of hydrogen-bond acceptors (Lipinski definition) is 2. The number of carbonyl (C=O) groups excluding carboxylic acids is 1. The zero-order valence-corrected chi connectivity index (χ0v) is 10.4. The summed E-state index contributed by atoms with van der Waals surface area (Å²) in [5.74, 6) is -0.756. The zero-order chi connectivity index (χ0) is 13.0. The molecule has 0 aromatic heterocycles. The van der Waals surface area contributed by atoms with Crippen molar-refractivity contribution < 1.29 is 9.18 Å². The fourth-order valence-corrected chi connectivity index (χ4v) is 1.49. The highest BCUT2D eigenvalue weighted by Crippen LogP contribution is 2.16. The van der Waals surface area contributed by atoms with Crippen LogP contribution in [0, 0.1) is 11.7 Å². The first-order valence-electron chi connectivity index (χ1n) is 5.74. The molecule has 3 N–H and O–H groups in total. The van der Waals surface area contributed by atoms with E-state index in [1.54, 1.807) is 39.0 Å². The number of hydrogen-bond donors (Lipinski definition) is 2. The monoisotopic (exact) mass is 238 g/mol. The van der Waals surface area contributed by atoms with E-state index >= 15 is 0 Å². The molecule has 1 rings (SSSR count). The predicted octanol–water partition coefficient (Wildman–Crippen LogP) is 1.99. The molecule has 3 nitrogen and oxygen atoms in total. The van der Waals surface area contributed by atoms with E-state index in [9.17, 15) is 9.18 Å². The predicted molar refractivity (Wildman–Crippen MR) is 65.8 cm³/mol. The molecular formula is C13H19FN2O. The van der Waals surface area contributed by atoms with Crippen molar-refractivity contribution in [3.05, 3.63) is 35.6 Å². The average molecular weight is 238 g/mol. The van der Waals surface area contributed by atoms with Crippen LogP contribution in [0.1, 0.15) is 32.4 Å². The van der Waals surface area contributed by atoms with Gasteiger partial charge in [-0.15, -0.1) is 0 Å². The maximum absolute atomic E-state index is 13.5. The second-order valence-electron chi connectivity index (χ2n) is 4.40. The lowest BCUT2D eigenvalue weighted by Gasteiger charge is -2.20. The fraction of sp³-hybridized carbons (Fsp3) is 0.462. The molecule has 0 aliphatic rings. The van der Waals surface area contributed by atoms with Crippen molar-refractivity contribution in [2.75, 3.05) is 0 Å². The number of rotatable bonds is 4. The first-order chi connectivity index (χ1) is 7.93. The van der Waals surface area contributed by atoms with Gasteiger partial charge in [0.05, 0.1) is 6.04 Å². The van der Waals surface area contributed by atoms with Crippen molar-refractivity contribution in [2.24, 2.45) is 11.7 Å². The SMILES string of the molecule is CC(N)C(C)C(=O)N[C@H](C)c1ccccc1F. The molecule has 1 aromatic rings. The quantitative estimate of drug-likeness (QED) is 0.842. The first kappa shape index (κ1) is 13.6. The van der Waals surface area contributed by atoms with Crippen molar-refractivity contribution in [2.45, 2.75) is 32.9 Å². The highest BCUT2D eigenvalue weighted by Gasteiger charge is 2.20. The summed E-state index contributed by atoms with van der Waals surface area (Å²) in [4.78, 5) is 11.8. The molecule has 2 unspecified atom stereocenters. The molecule has 4 heteroatoms. The van der Waals surface area contributed by atoms with E-state index in [2.05, 4.69) is 5.32 Å². The summed E-state index contributed by atoms with van der Waals surface area (Å²) < 4.78 is 13.5. The molecule has 17 heavy (non-hydrogen) atoms. The summed E-state index contributed by atoms with van der Waals surface area (Å²) in [6.45, 7) is 5.29. The Bertz CT molecular complexity index is 393. The third-order valence-corrected chi connectivity index (χ3v) is 2.93. The van der Waals surface area contributed by atoms with E-state index in [1.807, 2.05) is 0 Å². The molecule has 0 bridgehead atoms. The van der Waals surface area contributed by atoms with Gasteiger partial charge in [-0.05, 0) is 19.9 Å². The van der Waals surface area contributed by atoms with Gasteiger partial charge in [-0.1, -0.05) is 25.1 Å². The van der Waals surface area contributed by atoms with Gasteiger partial charge >= 0.3 is 0 Å². The number of nitrogens with two attached hydrogens (primary N) is 1. The van der Waals surface area contributed by atoms with Crippen LogP contribution in [-0.4, -0.2) is 11.9 Å². The van der Waals surface area contributed by atoms with Crippen LogP contribution in [0.25, 0.3) is 0 Å². The third-order valence-electron chi connectivity index (χ3n) is 2.93. The summed E-state index contributed by atoms with van der Waals surface area (Å²) in [6.07, 6.45) is 0. The van der Waals surface area contributed by atoms with E-state index in [0.717, 1.165) is 0 Å². The van der Waals surface area contributed by atoms with Gasteiger partial charge in [0.25, 0.3) is 0 Å². The van der Waals surface area contributed by atoms with Gasteiger partial charge in [-0.2, -0.15) is 0 Å². The van der Waals surface area contributed by atoms with Crippen LogP contribution in [0.4, 0.5) is 4.39 Å². The molecule has 0 radical (unpaired) electrons. The smallest absolute Gasteiger partial charge is 0.224 e. The van der Waals surface area contributed by atoms with Gasteiger partial charge in [0, 0.05) is 17.5 Å². The van der Waals surface area contributed by atoms with Gasteiger partial charge < -0.3 is 11.1 Å². The van der Waals surface area contributed by atoms with E-state index < -0.39 is 0 Å². The van der Waals surface area contributed by atoms with Gasteiger partial charge in [-0.25, -0.2) is 4.39 Å². The second kappa shape index (κ2) is 5.77. The number of benzene rings is 1. The molecule has 1 amide bonds. The Labute approximate surface area is 101 Å². The van der Waals surface area contributed by atoms with Crippen molar-refractivity contribution in [1.29, 1.82) is 0 Å². The normalized spacial score (nSPS) is 16.1. The topological polar surface area (TPSA) is 55.1 Å². The average Bonchev–Trinajstić information content (AvgIpc) is 2.28. The zero-order valence-electron chi connectivity index (χ0n) is 10.4. The minimum atomic E-state index is -0.357. The second-order valence-corrected chi connectivity index (χ2v) is 4.40. The molecule has 3 atom stereocenters. The number of nitrogens with one attached hydrogen (secondary N) is 1. The lowest BCUT2D eigenvalue weighted by Crippen LogP contribution is -2.39. The Morgan fingerprint density at radius 2 is 1.88 bits per heavy atom. The lowest BCUT2D eigenvalue weighted by molar-refractivity contribution is -0.125. The molecule has 94 valence electrons. The Balaban J connectivity index is 2.70. The Hall–Kier alpha value is -1.42. The molecular weight excluding hydrogens is 219 g/mol. The Morgan fingerprint density at radius 1 is 1.29 bits per heavy atom. The fourth-order valence-electron chi connectivity index (χ4n) is 1.49. The maximum Gasteiger partial charge on any atom is 0.224 e. The molecule has 0 saturated heterocycles. The molecule has 0 spiro atoms. The lowest BCUT2D eigenvalue weighted by atomic mass is 10.0. The van der Waals surface area contributed by atoms with Gasteiger partial charge in [0.2, 0.25) is 5.91 Å². The van der Waals surface area contributed by atoms with E-state index in [0.29, 0.717) is 5.56 Å². The van der Waals surface area contributed by atoms with Gasteiger partial charge in [0.1, 0.15) is 5.82 Å².